The molecule has 1 N–H and O–H groups in total. The second-order valence-electron chi connectivity index (χ2n) is 7.54. The summed E-state index contributed by atoms with van der Waals surface area (Å²) >= 11 is 18.3. The quantitative estimate of drug-likeness (QED) is 0.487. The number of nitrogens with zero attached hydrogens (tertiary/aromatic N) is 2. The molecule has 2 aromatic rings. The van der Waals surface area contributed by atoms with Crippen LogP contribution < -0.4 is 9.62 Å². The molecule has 2 rings (SSSR count). The van der Waals surface area contributed by atoms with E-state index in [1.807, 2.05) is 31.2 Å². The van der Waals surface area contributed by atoms with Crippen LogP contribution in [0.1, 0.15) is 24.5 Å². The number of sulfonamides is 1. The third-order valence-corrected chi connectivity index (χ3v) is 7.16. The highest BCUT2D eigenvalue weighted by molar-refractivity contribution is 7.92. The van der Waals surface area contributed by atoms with Gasteiger partial charge in [-0.3, -0.25) is 13.9 Å². The van der Waals surface area contributed by atoms with E-state index in [2.05, 4.69) is 5.32 Å². The van der Waals surface area contributed by atoms with E-state index in [0.717, 1.165) is 21.7 Å². The number of carbonyl (C=O) groups is 2. The topological polar surface area (TPSA) is 86.8 Å². The molecular formula is C22H26Cl3N3O4S. The van der Waals surface area contributed by atoms with Crippen molar-refractivity contribution in [2.45, 2.75) is 32.9 Å². The maximum absolute atomic E-state index is 13.5. The lowest BCUT2D eigenvalue weighted by Gasteiger charge is -2.32. The summed E-state index contributed by atoms with van der Waals surface area (Å²) in [5.74, 6) is -0.920. The molecule has 0 saturated carbocycles. The second-order valence-corrected chi connectivity index (χ2v) is 10.7. The number of amides is 2. The van der Waals surface area contributed by atoms with Gasteiger partial charge in [0.05, 0.1) is 27.0 Å². The highest BCUT2D eigenvalue weighted by Gasteiger charge is 2.32. The van der Waals surface area contributed by atoms with Crippen molar-refractivity contribution in [3.8, 4) is 0 Å². The molecule has 0 radical (unpaired) electrons. The van der Waals surface area contributed by atoms with E-state index >= 15 is 0 Å². The van der Waals surface area contributed by atoms with Gasteiger partial charge in [0.2, 0.25) is 21.8 Å². The SMILES string of the molecule is CC[C@H](C(=O)NC)N(Cc1cccc(C)c1)C(=O)CN(c1cc(Cl)c(Cl)cc1Cl)S(C)(=O)=O. The minimum Gasteiger partial charge on any atom is -0.357 e. The molecular weight excluding hydrogens is 509 g/mol. The van der Waals surface area contributed by atoms with Gasteiger partial charge in [0.25, 0.3) is 0 Å². The number of hydrogen-bond donors (Lipinski definition) is 1. The Balaban J connectivity index is 2.50. The first-order valence-corrected chi connectivity index (χ1v) is 13.1. The van der Waals surface area contributed by atoms with E-state index in [9.17, 15) is 18.0 Å². The van der Waals surface area contributed by atoms with E-state index in [0.29, 0.717) is 6.42 Å². The number of likely N-dealkylation sites (N-methyl/N-ethyl adjacent to an activating group) is 1. The first kappa shape index (κ1) is 27.2. The number of aryl methyl sites for hydroxylation is 1. The van der Waals surface area contributed by atoms with Crippen LogP contribution in [0.2, 0.25) is 15.1 Å². The Morgan fingerprint density at radius 1 is 1.06 bits per heavy atom. The van der Waals surface area contributed by atoms with Gasteiger partial charge in [-0.2, -0.15) is 0 Å². The minimum atomic E-state index is -3.94. The van der Waals surface area contributed by atoms with Gasteiger partial charge in [-0.15, -0.1) is 0 Å². The van der Waals surface area contributed by atoms with Crippen LogP contribution in [0, 0.1) is 6.92 Å². The van der Waals surface area contributed by atoms with Gasteiger partial charge in [-0.05, 0) is 31.0 Å². The third kappa shape index (κ3) is 6.99. The molecule has 0 heterocycles. The van der Waals surface area contributed by atoms with Crippen molar-refractivity contribution < 1.29 is 18.0 Å². The molecule has 1 atom stereocenters. The lowest BCUT2D eigenvalue weighted by Crippen LogP contribution is -2.51. The molecule has 33 heavy (non-hydrogen) atoms. The summed E-state index contributed by atoms with van der Waals surface area (Å²) in [5, 5.41) is 2.83. The molecule has 2 aromatic carbocycles. The lowest BCUT2D eigenvalue weighted by atomic mass is 10.1. The fourth-order valence-electron chi connectivity index (χ4n) is 3.39. The van der Waals surface area contributed by atoms with Gasteiger partial charge in [0.1, 0.15) is 12.6 Å². The average Bonchev–Trinajstić information content (AvgIpc) is 2.73. The van der Waals surface area contributed by atoms with Crippen LogP contribution in [0.3, 0.4) is 0 Å². The summed E-state index contributed by atoms with van der Waals surface area (Å²) in [5.41, 5.74) is 1.82. The zero-order chi connectivity index (χ0) is 24.9. The highest BCUT2D eigenvalue weighted by Crippen LogP contribution is 2.35. The molecule has 0 aliphatic carbocycles. The zero-order valence-electron chi connectivity index (χ0n) is 18.7. The Bertz CT molecular complexity index is 1140. The number of anilines is 1. The molecule has 0 aliphatic rings. The van der Waals surface area contributed by atoms with Gasteiger partial charge < -0.3 is 10.2 Å². The molecule has 7 nitrogen and oxygen atoms in total. The molecule has 0 spiro atoms. The normalized spacial score (nSPS) is 12.2. The highest BCUT2D eigenvalue weighted by atomic mass is 35.5. The Morgan fingerprint density at radius 2 is 1.70 bits per heavy atom. The number of rotatable bonds is 9. The van der Waals surface area contributed by atoms with Crippen LogP contribution in [0.4, 0.5) is 5.69 Å². The molecule has 0 aliphatic heterocycles. The molecule has 0 unspecified atom stereocenters. The van der Waals surface area contributed by atoms with Crippen LogP contribution in [0.25, 0.3) is 0 Å². The first-order valence-electron chi connectivity index (χ1n) is 10.1. The largest absolute Gasteiger partial charge is 0.357 e. The molecule has 0 bridgehead atoms. The van der Waals surface area contributed by atoms with Crippen LogP contribution in [0.15, 0.2) is 36.4 Å². The fourth-order valence-corrected chi connectivity index (χ4v) is 4.94. The summed E-state index contributed by atoms with van der Waals surface area (Å²) in [4.78, 5) is 27.4. The molecule has 2 amide bonds. The zero-order valence-corrected chi connectivity index (χ0v) is 21.8. The van der Waals surface area contributed by atoms with Crippen molar-refractivity contribution in [1.29, 1.82) is 0 Å². The van der Waals surface area contributed by atoms with E-state index < -0.39 is 28.5 Å². The summed E-state index contributed by atoms with van der Waals surface area (Å²) in [7, 11) is -2.45. The molecule has 180 valence electrons. The van der Waals surface area contributed by atoms with Crippen molar-refractivity contribution in [1.82, 2.24) is 10.2 Å². The van der Waals surface area contributed by atoms with Gasteiger partial charge in [0, 0.05) is 13.6 Å². The van der Waals surface area contributed by atoms with E-state index in [4.69, 9.17) is 34.8 Å². The second kappa shape index (κ2) is 11.4. The molecule has 11 heteroatoms. The number of nitrogens with one attached hydrogen (secondary N) is 1. The van der Waals surface area contributed by atoms with Crippen molar-refractivity contribution in [2.24, 2.45) is 0 Å². The molecule has 0 fully saturated rings. The van der Waals surface area contributed by atoms with Crippen molar-refractivity contribution in [2.75, 3.05) is 24.2 Å². The van der Waals surface area contributed by atoms with Gasteiger partial charge in [0.15, 0.2) is 0 Å². The minimum absolute atomic E-state index is 0.0189. The number of hydrogen-bond acceptors (Lipinski definition) is 4. The summed E-state index contributed by atoms with van der Waals surface area (Å²) in [6.45, 7) is 3.25. The number of halogens is 3. The Hall–Kier alpha value is -2.00. The Labute approximate surface area is 209 Å². The van der Waals surface area contributed by atoms with Gasteiger partial charge >= 0.3 is 0 Å². The van der Waals surface area contributed by atoms with E-state index in [1.54, 1.807) is 6.92 Å². The van der Waals surface area contributed by atoms with Gasteiger partial charge in [-0.1, -0.05) is 71.6 Å². The van der Waals surface area contributed by atoms with Crippen LogP contribution in [-0.2, 0) is 26.2 Å². The van der Waals surface area contributed by atoms with Crippen LogP contribution in [-0.4, -0.2) is 51.0 Å². The van der Waals surface area contributed by atoms with Crippen LogP contribution in [0.5, 0.6) is 0 Å². The third-order valence-electron chi connectivity index (χ3n) is 5.01. The molecule has 0 saturated heterocycles. The average molecular weight is 535 g/mol. The summed E-state index contributed by atoms with van der Waals surface area (Å²) in [6.07, 6.45) is 1.30. The lowest BCUT2D eigenvalue weighted by molar-refractivity contribution is -0.140. The first-order chi connectivity index (χ1) is 15.4. The Kier molecular flexibility index (Phi) is 9.43. The Morgan fingerprint density at radius 3 is 2.24 bits per heavy atom. The van der Waals surface area contributed by atoms with Crippen molar-refractivity contribution in [3.05, 3.63) is 62.6 Å². The van der Waals surface area contributed by atoms with E-state index in [-0.39, 0.29) is 33.2 Å². The van der Waals surface area contributed by atoms with Crippen molar-refractivity contribution in [3.63, 3.8) is 0 Å². The molecule has 0 aromatic heterocycles. The predicted molar refractivity (Wildman–Crippen MR) is 134 cm³/mol. The van der Waals surface area contributed by atoms with Crippen molar-refractivity contribution >= 4 is 62.3 Å². The summed E-state index contributed by atoms with van der Waals surface area (Å²) in [6, 6.07) is 9.33. The van der Waals surface area contributed by atoms with E-state index in [1.165, 1.54) is 24.1 Å². The summed E-state index contributed by atoms with van der Waals surface area (Å²) < 4.78 is 26.1. The smallest absolute Gasteiger partial charge is 0.244 e. The number of benzene rings is 2. The van der Waals surface area contributed by atoms with Gasteiger partial charge in [-0.25, -0.2) is 8.42 Å². The maximum atomic E-state index is 13.5. The fraction of sp³-hybridized carbons (Fsp3) is 0.364. The van der Waals surface area contributed by atoms with Crippen LogP contribution >= 0.6 is 34.8 Å². The standard InChI is InChI=1S/C22H26Cl3N3O4S/c1-5-19(22(30)26-3)27(12-15-8-6-7-14(2)9-15)21(29)13-28(33(4,31)32)20-11-17(24)16(23)10-18(20)25/h6-11,19H,5,12-13H2,1-4H3,(H,26,30)/t19-/m1/s1. The maximum Gasteiger partial charge on any atom is 0.244 e. The predicted octanol–water partition coefficient (Wildman–Crippen LogP) is 4.27. The monoisotopic (exact) mass is 533 g/mol. The number of carbonyl (C=O) groups excluding carboxylic acids is 2.